The van der Waals surface area contributed by atoms with E-state index in [9.17, 15) is 22.8 Å². The van der Waals surface area contributed by atoms with E-state index in [1.54, 1.807) is 19.1 Å². The summed E-state index contributed by atoms with van der Waals surface area (Å²) in [4.78, 5) is 23.1. The molecule has 0 fully saturated rings. The Morgan fingerprint density at radius 3 is 2.32 bits per heavy atom. The van der Waals surface area contributed by atoms with Crippen molar-refractivity contribution in [1.29, 1.82) is 0 Å². The number of nitrogens with one attached hydrogen (secondary N) is 1. The van der Waals surface area contributed by atoms with Crippen molar-refractivity contribution in [3.63, 3.8) is 0 Å². The minimum Gasteiger partial charge on any atom is -0.495 e. The lowest BCUT2D eigenvalue weighted by Crippen LogP contribution is -2.26. The van der Waals surface area contributed by atoms with E-state index in [1.807, 2.05) is 35.1 Å². The maximum atomic E-state index is 13.2. The number of hydrogen-bond donors (Lipinski definition) is 2. The van der Waals surface area contributed by atoms with E-state index in [4.69, 9.17) is 14.9 Å². The number of benzene rings is 3. The van der Waals surface area contributed by atoms with Gasteiger partial charge in [0.2, 0.25) is 0 Å². The lowest BCUT2D eigenvalue weighted by Gasteiger charge is -2.20. The van der Waals surface area contributed by atoms with Gasteiger partial charge in [0.1, 0.15) is 5.75 Å². The lowest BCUT2D eigenvalue weighted by atomic mass is 9.96. The van der Waals surface area contributed by atoms with E-state index in [0.717, 1.165) is 29.5 Å². The van der Waals surface area contributed by atoms with Crippen LogP contribution < -0.4 is 10.1 Å². The number of ether oxygens (including phenoxy) is 1. The summed E-state index contributed by atoms with van der Waals surface area (Å²) < 4.78 is 47.3. The van der Waals surface area contributed by atoms with E-state index in [1.165, 1.54) is 13.2 Å². The summed E-state index contributed by atoms with van der Waals surface area (Å²) in [6.07, 6.45) is -1.94. The Balaban J connectivity index is 1.69. The van der Waals surface area contributed by atoms with Gasteiger partial charge in [0.05, 0.1) is 36.0 Å². The first kappa shape index (κ1) is 29.6. The Labute approximate surface area is 235 Å². The van der Waals surface area contributed by atoms with Crippen LogP contribution in [0.25, 0.3) is 22.0 Å². The zero-order valence-corrected chi connectivity index (χ0v) is 23.2. The van der Waals surface area contributed by atoms with Gasteiger partial charge in [-0.1, -0.05) is 32.0 Å². The minimum absolute atomic E-state index is 0.0432. The molecule has 0 aliphatic rings. The molecule has 0 aliphatic carbocycles. The molecule has 1 unspecified atom stereocenters. The average molecular weight is 568 g/mol. The van der Waals surface area contributed by atoms with Crippen LogP contribution in [0.4, 0.5) is 13.2 Å². The highest BCUT2D eigenvalue weighted by atomic mass is 19.4. The molecule has 4 rings (SSSR count). The fraction of sp³-hybridized carbons (Fsp3) is 0.323. The molecule has 4 aromatic rings. The number of aryl methyl sites for hydroxylation is 1. The van der Waals surface area contributed by atoms with E-state index in [-0.39, 0.29) is 24.9 Å². The molecule has 0 aliphatic heterocycles. The number of carbonyl (C=O) groups excluding carboxylic acids is 1. The summed E-state index contributed by atoms with van der Waals surface area (Å²) in [5.74, 6) is -0.493. The quantitative estimate of drug-likeness (QED) is 0.218. The summed E-state index contributed by atoms with van der Waals surface area (Å²) in [5.41, 5.74) is 3.13. The van der Waals surface area contributed by atoms with E-state index < -0.39 is 17.7 Å². The zero-order chi connectivity index (χ0) is 29.9. The molecule has 41 heavy (non-hydrogen) atoms. The number of halogens is 3. The SMILES string of the molecule is COc1c(-c2ccc(C(F)(F)F)cc2C)ccc2nn(C(CC(C)C)c3ccc(C(=O)NCCC(=O)O)cc3)cc12. The van der Waals surface area contributed by atoms with Gasteiger partial charge < -0.3 is 15.2 Å². The molecule has 10 heteroatoms. The zero-order valence-electron chi connectivity index (χ0n) is 23.2. The number of carboxylic acid groups (broad SMARTS) is 1. The molecule has 0 bridgehead atoms. The first-order valence-corrected chi connectivity index (χ1v) is 13.2. The monoisotopic (exact) mass is 567 g/mol. The summed E-state index contributed by atoms with van der Waals surface area (Å²) >= 11 is 0. The Morgan fingerprint density at radius 2 is 1.73 bits per heavy atom. The lowest BCUT2D eigenvalue weighted by molar-refractivity contribution is -0.138. The van der Waals surface area contributed by atoms with Gasteiger partial charge in [-0.3, -0.25) is 14.3 Å². The molecule has 3 aromatic carbocycles. The number of nitrogens with zero attached hydrogens (tertiary/aromatic N) is 2. The van der Waals surface area contributed by atoms with Gasteiger partial charge in [-0.15, -0.1) is 0 Å². The van der Waals surface area contributed by atoms with Crippen LogP contribution in [0, 0.1) is 12.8 Å². The Kier molecular flexibility index (Phi) is 8.70. The Bertz CT molecular complexity index is 1560. The number of aromatic nitrogens is 2. The van der Waals surface area contributed by atoms with Crippen LogP contribution in [0.1, 0.15) is 59.8 Å². The largest absolute Gasteiger partial charge is 0.495 e. The van der Waals surface area contributed by atoms with Crippen molar-refractivity contribution in [3.8, 4) is 16.9 Å². The number of carbonyl (C=O) groups is 2. The number of carboxylic acids is 1. The molecule has 7 nitrogen and oxygen atoms in total. The van der Waals surface area contributed by atoms with Crippen LogP contribution >= 0.6 is 0 Å². The van der Waals surface area contributed by atoms with Crippen molar-refractivity contribution >= 4 is 22.8 Å². The number of hydrogen-bond acceptors (Lipinski definition) is 4. The standard InChI is InChI=1S/C31H32F3N3O4/c1-18(2)15-27(20-5-7-21(8-6-20)30(40)35-14-13-28(38)39)37-17-25-26(36-37)12-11-24(29(25)41-4)23-10-9-22(16-19(23)3)31(32,33)34/h5-12,16-18,27H,13-15H2,1-4H3,(H,35,40)(H,38,39). The molecule has 2 N–H and O–H groups in total. The number of rotatable bonds is 10. The molecule has 1 aromatic heterocycles. The van der Waals surface area contributed by atoms with Crippen LogP contribution in [0.3, 0.4) is 0 Å². The Hall–Kier alpha value is -4.34. The molecule has 0 saturated carbocycles. The second-order valence-electron chi connectivity index (χ2n) is 10.4. The maximum absolute atomic E-state index is 13.2. The first-order valence-electron chi connectivity index (χ1n) is 13.2. The smallest absolute Gasteiger partial charge is 0.416 e. The number of methoxy groups -OCH3 is 1. The van der Waals surface area contributed by atoms with Crippen molar-refractivity contribution in [2.45, 2.75) is 45.8 Å². The van der Waals surface area contributed by atoms with Gasteiger partial charge in [0.25, 0.3) is 5.91 Å². The Morgan fingerprint density at radius 1 is 1.05 bits per heavy atom. The molecule has 1 atom stereocenters. The van der Waals surface area contributed by atoms with Crippen molar-refractivity contribution in [3.05, 3.63) is 83.0 Å². The van der Waals surface area contributed by atoms with Gasteiger partial charge >= 0.3 is 12.1 Å². The minimum atomic E-state index is -4.42. The molecule has 0 saturated heterocycles. The van der Waals surface area contributed by atoms with E-state index in [0.29, 0.717) is 39.4 Å². The normalized spacial score (nSPS) is 12.5. The third-order valence-electron chi connectivity index (χ3n) is 6.90. The maximum Gasteiger partial charge on any atom is 0.416 e. The highest BCUT2D eigenvalue weighted by Gasteiger charge is 2.31. The molecular weight excluding hydrogens is 535 g/mol. The summed E-state index contributed by atoms with van der Waals surface area (Å²) in [6, 6.07) is 14.3. The predicted octanol–water partition coefficient (Wildman–Crippen LogP) is 6.88. The van der Waals surface area contributed by atoms with E-state index >= 15 is 0 Å². The second-order valence-corrected chi connectivity index (χ2v) is 10.4. The fourth-order valence-corrected chi connectivity index (χ4v) is 4.91. The third-order valence-corrected chi connectivity index (χ3v) is 6.90. The van der Waals surface area contributed by atoms with Crippen molar-refractivity contribution in [1.82, 2.24) is 15.1 Å². The summed E-state index contributed by atoms with van der Waals surface area (Å²) in [6.45, 7) is 5.90. The van der Waals surface area contributed by atoms with Gasteiger partial charge in [0.15, 0.2) is 0 Å². The molecular formula is C31H32F3N3O4. The molecule has 0 radical (unpaired) electrons. The third kappa shape index (κ3) is 6.70. The van der Waals surface area contributed by atoms with Crippen LogP contribution in [-0.2, 0) is 11.0 Å². The van der Waals surface area contributed by atoms with Crippen molar-refractivity contribution in [2.75, 3.05) is 13.7 Å². The van der Waals surface area contributed by atoms with Gasteiger partial charge in [0, 0.05) is 23.9 Å². The summed E-state index contributed by atoms with van der Waals surface area (Å²) in [5, 5.41) is 16.9. The highest BCUT2D eigenvalue weighted by Crippen LogP contribution is 2.40. The number of amides is 1. The average Bonchev–Trinajstić information content (AvgIpc) is 3.34. The predicted molar refractivity (Wildman–Crippen MR) is 150 cm³/mol. The number of fused-ring (bicyclic) bond motifs is 1. The van der Waals surface area contributed by atoms with Crippen LogP contribution in [-0.4, -0.2) is 40.4 Å². The van der Waals surface area contributed by atoms with Gasteiger partial charge in [-0.2, -0.15) is 18.3 Å². The van der Waals surface area contributed by atoms with Crippen LogP contribution in [0.2, 0.25) is 0 Å². The molecule has 216 valence electrons. The molecule has 0 spiro atoms. The van der Waals surface area contributed by atoms with Crippen LogP contribution in [0.15, 0.2) is 60.8 Å². The summed E-state index contributed by atoms with van der Waals surface area (Å²) in [7, 11) is 1.53. The van der Waals surface area contributed by atoms with E-state index in [2.05, 4.69) is 19.2 Å². The van der Waals surface area contributed by atoms with Crippen molar-refractivity contribution < 1.29 is 32.6 Å². The number of alkyl halides is 3. The first-order chi connectivity index (χ1) is 19.4. The highest BCUT2D eigenvalue weighted by molar-refractivity contribution is 5.95. The van der Waals surface area contributed by atoms with Crippen LogP contribution in [0.5, 0.6) is 5.75 Å². The molecule has 1 amide bonds. The topological polar surface area (TPSA) is 93.5 Å². The molecule has 1 heterocycles. The fourth-order valence-electron chi connectivity index (χ4n) is 4.91. The second kappa shape index (κ2) is 12.0. The van der Waals surface area contributed by atoms with Gasteiger partial charge in [-0.05, 0) is 72.4 Å². The van der Waals surface area contributed by atoms with Crippen molar-refractivity contribution in [2.24, 2.45) is 5.92 Å². The number of aliphatic carboxylic acids is 1. The van der Waals surface area contributed by atoms with Gasteiger partial charge in [-0.25, -0.2) is 0 Å².